The van der Waals surface area contributed by atoms with Gasteiger partial charge in [0.1, 0.15) is 5.69 Å². The molecule has 2 heterocycles. The van der Waals surface area contributed by atoms with Gasteiger partial charge in [-0.15, -0.1) is 0 Å². The van der Waals surface area contributed by atoms with Gasteiger partial charge in [-0.2, -0.15) is 9.78 Å². The first-order valence-corrected chi connectivity index (χ1v) is 12.0. The van der Waals surface area contributed by atoms with Crippen LogP contribution < -0.4 is 19.5 Å². The zero-order chi connectivity index (χ0) is 27.4. The van der Waals surface area contributed by atoms with Gasteiger partial charge in [0.2, 0.25) is 5.88 Å². The minimum Gasteiger partial charge on any atom is -0.493 e. The Morgan fingerprint density at radius 1 is 0.846 bits per heavy atom. The van der Waals surface area contributed by atoms with Crippen LogP contribution in [0.4, 0.5) is 5.69 Å². The van der Waals surface area contributed by atoms with E-state index < -0.39 is 5.97 Å². The molecule has 0 saturated carbocycles. The maximum atomic E-state index is 12.4. The van der Waals surface area contributed by atoms with Crippen molar-refractivity contribution in [3.05, 3.63) is 97.0 Å². The van der Waals surface area contributed by atoms with Crippen LogP contribution in [-0.2, 0) is 4.79 Å². The zero-order valence-electron chi connectivity index (χ0n) is 21.5. The predicted molar refractivity (Wildman–Crippen MR) is 146 cm³/mol. The number of methoxy groups -OCH3 is 2. The van der Waals surface area contributed by atoms with Crippen molar-refractivity contribution in [1.82, 2.24) is 9.78 Å². The molecule has 5 rings (SSSR count). The number of carbonyl (C=O) groups excluding carboxylic acids is 2. The Balaban J connectivity index is 1.66. The number of esters is 1. The standard InChI is InChI=1S/C30H25N3O6/c1-19(34)39-30-27(20-11-14-22(15-12-20)31-29(35)25-10-7-17-38-25)28(32-33(30)23-8-5-4-6-9-23)21-13-16-24(36-2)26(18-21)37-3/h4-18H,1-3H3,(H,31,35). The van der Waals surface area contributed by atoms with E-state index in [0.717, 1.165) is 5.56 Å². The third-order valence-corrected chi connectivity index (χ3v) is 5.92. The highest BCUT2D eigenvalue weighted by Crippen LogP contribution is 2.43. The summed E-state index contributed by atoms with van der Waals surface area (Å²) < 4.78 is 23.4. The molecule has 0 aliphatic rings. The number of aromatic nitrogens is 2. The summed E-state index contributed by atoms with van der Waals surface area (Å²) >= 11 is 0. The molecule has 1 amide bonds. The van der Waals surface area contributed by atoms with Gasteiger partial charge in [0.25, 0.3) is 5.91 Å². The second-order valence-electron chi connectivity index (χ2n) is 8.45. The molecule has 0 bridgehead atoms. The smallest absolute Gasteiger partial charge is 0.309 e. The molecule has 0 atom stereocenters. The summed E-state index contributed by atoms with van der Waals surface area (Å²) in [4.78, 5) is 24.7. The molecule has 0 saturated heterocycles. The Morgan fingerprint density at radius 3 is 2.21 bits per heavy atom. The predicted octanol–water partition coefficient (Wildman–Crippen LogP) is 5.99. The first kappa shape index (κ1) is 25.3. The van der Waals surface area contributed by atoms with Gasteiger partial charge in [-0.1, -0.05) is 30.3 Å². The Kier molecular flexibility index (Phi) is 7.13. The Labute approximate surface area is 224 Å². The second-order valence-corrected chi connectivity index (χ2v) is 8.45. The Morgan fingerprint density at radius 2 is 1.56 bits per heavy atom. The number of nitrogens with one attached hydrogen (secondary N) is 1. The molecule has 2 aromatic heterocycles. The van der Waals surface area contributed by atoms with Crippen LogP contribution in [0.5, 0.6) is 17.4 Å². The molecule has 0 spiro atoms. The zero-order valence-corrected chi connectivity index (χ0v) is 21.5. The summed E-state index contributed by atoms with van der Waals surface area (Å²) in [6, 6.07) is 25.2. The fourth-order valence-electron chi connectivity index (χ4n) is 4.14. The number of hydrogen-bond acceptors (Lipinski definition) is 7. The minimum absolute atomic E-state index is 0.205. The number of rotatable bonds is 8. The van der Waals surface area contributed by atoms with Crippen LogP contribution in [0.1, 0.15) is 17.5 Å². The van der Waals surface area contributed by atoms with E-state index in [-0.39, 0.29) is 17.5 Å². The van der Waals surface area contributed by atoms with Crippen molar-refractivity contribution in [1.29, 1.82) is 0 Å². The van der Waals surface area contributed by atoms with Gasteiger partial charge in [0.15, 0.2) is 17.3 Å². The van der Waals surface area contributed by atoms with Crippen molar-refractivity contribution in [2.45, 2.75) is 6.92 Å². The first-order valence-electron chi connectivity index (χ1n) is 12.0. The molecule has 9 nitrogen and oxygen atoms in total. The average molecular weight is 524 g/mol. The molecule has 0 unspecified atom stereocenters. The molecule has 3 aromatic carbocycles. The normalized spacial score (nSPS) is 10.6. The van der Waals surface area contributed by atoms with E-state index in [9.17, 15) is 9.59 Å². The van der Waals surface area contributed by atoms with Crippen molar-refractivity contribution in [3.63, 3.8) is 0 Å². The largest absolute Gasteiger partial charge is 0.493 e. The summed E-state index contributed by atoms with van der Waals surface area (Å²) in [6.07, 6.45) is 1.44. The summed E-state index contributed by atoms with van der Waals surface area (Å²) in [7, 11) is 3.13. The van der Waals surface area contributed by atoms with Crippen molar-refractivity contribution in [2.24, 2.45) is 0 Å². The third-order valence-electron chi connectivity index (χ3n) is 5.92. The van der Waals surface area contributed by atoms with E-state index in [4.69, 9.17) is 23.7 Å². The minimum atomic E-state index is -0.491. The van der Waals surface area contributed by atoms with E-state index in [1.54, 1.807) is 49.2 Å². The van der Waals surface area contributed by atoms with Crippen molar-refractivity contribution >= 4 is 17.6 Å². The molecule has 5 aromatic rings. The van der Waals surface area contributed by atoms with E-state index in [0.29, 0.717) is 39.7 Å². The van der Waals surface area contributed by atoms with Crippen molar-refractivity contribution in [2.75, 3.05) is 19.5 Å². The van der Waals surface area contributed by atoms with Gasteiger partial charge in [-0.25, -0.2) is 0 Å². The number of anilines is 1. The fourth-order valence-corrected chi connectivity index (χ4v) is 4.14. The maximum absolute atomic E-state index is 12.4. The molecular weight excluding hydrogens is 498 g/mol. The molecule has 1 N–H and O–H groups in total. The van der Waals surface area contributed by atoms with Crippen LogP contribution in [0, 0.1) is 0 Å². The highest BCUT2D eigenvalue weighted by atomic mass is 16.5. The van der Waals surface area contributed by atoms with Gasteiger partial charge >= 0.3 is 5.97 Å². The number of para-hydroxylation sites is 1. The van der Waals surface area contributed by atoms with Gasteiger partial charge in [0.05, 0.1) is 31.7 Å². The van der Waals surface area contributed by atoms with Crippen LogP contribution in [0.2, 0.25) is 0 Å². The lowest BCUT2D eigenvalue weighted by Gasteiger charge is -2.11. The van der Waals surface area contributed by atoms with Gasteiger partial charge in [-0.05, 0) is 60.2 Å². The SMILES string of the molecule is COc1ccc(-c2nn(-c3ccccc3)c(OC(C)=O)c2-c2ccc(NC(=O)c3ccco3)cc2)cc1OC. The summed E-state index contributed by atoms with van der Waals surface area (Å²) in [5.41, 5.74) is 3.87. The van der Waals surface area contributed by atoms with Crippen molar-refractivity contribution < 1.29 is 28.2 Å². The lowest BCUT2D eigenvalue weighted by Crippen LogP contribution is -2.10. The van der Waals surface area contributed by atoms with E-state index in [2.05, 4.69) is 5.32 Å². The van der Waals surface area contributed by atoms with Crippen LogP contribution in [0.3, 0.4) is 0 Å². The number of ether oxygens (including phenoxy) is 3. The molecule has 39 heavy (non-hydrogen) atoms. The van der Waals surface area contributed by atoms with Gasteiger partial charge < -0.3 is 23.9 Å². The van der Waals surface area contributed by atoms with Crippen LogP contribution >= 0.6 is 0 Å². The van der Waals surface area contributed by atoms with Crippen molar-refractivity contribution in [3.8, 4) is 45.5 Å². The molecule has 0 aliphatic heterocycles. The van der Waals surface area contributed by atoms with E-state index in [1.807, 2.05) is 54.6 Å². The van der Waals surface area contributed by atoms with Crippen LogP contribution in [0.25, 0.3) is 28.1 Å². The second kappa shape index (κ2) is 11.0. The lowest BCUT2D eigenvalue weighted by atomic mass is 10.0. The third kappa shape index (κ3) is 5.24. The summed E-state index contributed by atoms with van der Waals surface area (Å²) in [5, 5.41) is 7.68. The summed E-state index contributed by atoms with van der Waals surface area (Å²) in [6.45, 7) is 1.34. The first-order chi connectivity index (χ1) is 19.0. The lowest BCUT2D eigenvalue weighted by molar-refractivity contribution is -0.132. The monoisotopic (exact) mass is 523 g/mol. The molecular formula is C30H25N3O6. The van der Waals surface area contributed by atoms with Gasteiger partial charge in [0, 0.05) is 18.2 Å². The number of furan rings is 1. The topological polar surface area (TPSA) is 105 Å². The van der Waals surface area contributed by atoms with Gasteiger partial charge in [-0.3, -0.25) is 9.59 Å². The Hall–Kier alpha value is -5.31. The number of benzene rings is 3. The van der Waals surface area contributed by atoms with E-state index >= 15 is 0 Å². The van der Waals surface area contributed by atoms with E-state index in [1.165, 1.54) is 13.2 Å². The fraction of sp³-hybridized carbons (Fsp3) is 0.100. The highest BCUT2D eigenvalue weighted by molar-refractivity contribution is 6.02. The molecule has 0 aliphatic carbocycles. The maximum Gasteiger partial charge on any atom is 0.309 e. The molecule has 9 heteroatoms. The average Bonchev–Trinajstić information content (AvgIpc) is 3.62. The quantitative estimate of drug-likeness (QED) is 0.249. The Bertz CT molecular complexity index is 1610. The summed E-state index contributed by atoms with van der Waals surface area (Å²) in [5.74, 6) is 0.704. The van der Waals surface area contributed by atoms with Crippen LogP contribution in [-0.4, -0.2) is 35.9 Å². The highest BCUT2D eigenvalue weighted by Gasteiger charge is 2.25. The molecule has 0 radical (unpaired) electrons. The number of amides is 1. The number of hydrogen-bond donors (Lipinski definition) is 1. The number of carbonyl (C=O) groups is 2. The molecule has 196 valence electrons. The number of nitrogens with zero attached hydrogens (tertiary/aromatic N) is 2. The molecule has 0 fully saturated rings. The van der Waals surface area contributed by atoms with Crippen LogP contribution in [0.15, 0.2) is 95.6 Å².